The summed E-state index contributed by atoms with van der Waals surface area (Å²) in [6.45, 7) is 3.60. The van der Waals surface area contributed by atoms with Crippen molar-refractivity contribution in [2.45, 2.75) is 57.7 Å². The Morgan fingerprint density at radius 1 is 1.12 bits per heavy atom. The van der Waals surface area contributed by atoms with Crippen LogP contribution in [0.5, 0.6) is 0 Å². The van der Waals surface area contributed by atoms with Crippen LogP contribution in [0, 0.1) is 11.7 Å². The fraction of sp³-hybridized carbons (Fsp3) is 0.357. The number of carbonyl (C=O) groups is 1. The third kappa shape index (κ3) is 5.55. The lowest BCUT2D eigenvalue weighted by atomic mass is 9.92. The molecule has 0 radical (unpaired) electrons. The van der Waals surface area contributed by atoms with Gasteiger partial charge in [0, 0.05) is 41.2 Å². The Morgan fingerprint density at radius 2 is 1.82 bits per heavy atom. The molecular weight excluding hydrogens is 417 g/mol. The van der Waals surface area contributed by atoms with Gasteiger partial charge in [-0.25, -0.2) is 4.39 Å². The molecule has 1 saturated carbocycles. The van der Waals surface area contributed by atoms with Gasteiger partial charge in [-0.2, -0.15) is 0 Å². The average molecular weight is 448 g/mol. The van der Waals surface area contributed by atoms with Gasteiger partial charge in [0.25, 0.3) is 0 Å². The molecule has 3 aromatic rings. The van der Waals surface area contributed by atoms with Crippen LogP contribution in [0.1, 0.15) is 56.7 Å². The number of halogens is 1. The Kier molecular flexibility index (Phi) is 7.01. The Morgan fingerprint density at radius 3 is 2.48 bits per heavy atom. The van der Waals surface area contributed by atoms with E-state index in [4.69, 9.17) is 4.98 Å². The summed E-state index contributed by atoms with van der Waals surface area (Å²) >= 11 is 0. The van der Waals surface area contributed by atoms with Gasteiger partial charge in [-0.1, -0.05) is 56.3 Å². The molecule has 1 aliphatic rings. The van der Waals surface area contributed by atoms with E-state index in [1.165, 1.54) is 12.1 Å². The number of rotatable bonds is 9. The number of aliphatic hydroxyl groups excluding tert-OH is 2. The SMILES string of the molecule is CC(C)C(=O)C[C@H](O)C[C@H](O)/C=C/c1c(C2CC2)nc2ccccc2c1-c1ccc(F)cc1. The molecule has 0 amide bonds. The molecule has 0 unspecified atom stereocenters. The average Bonchev–Trinajstić information content (AvgIpc) is 3.62. The van der Waals surface area contributed by atoms with Crippen molar-refractivity contribution in [3.05, 3.63) is 71.7 Å². The molecule has 1 aliphatic carbocycles. The van der Waals surface area contributed by atoms with E-state index in [0.717, 1.165) is 46.1 Å². The second-order valence-electron chi connectivity index (χ2n) is 9.23. The Bertz CT molecular complexity index is 1170. The van der Waals surface area contributed by atoms with Crippen LogP contribution in [-0.2, 0) is 4.79 Å². The summed E-state index contributed by atoms with van der Waals surface area (Å²) in [5, 5.41) is 21.7. The molecule has 4 nitrogen and oxygen atoms in total. The molecule has 1 heterocycles. The summed E-state index contributed by atoms with van der Waals surface area (Å²) < 4.78 is 13.6. The summed E-state index contributed by atoms with van der Waals surface area (Å²) in [4.78, 5) is 16.8. The number of hydrogen-bond donors (Lipinski definition) is 2. The fourth-order valence-electron chi connectivity index (χ4n) is 4.13. The van der Waals surface area contributed by atoms with E-state index in [1.807, 2.05) is 30.3 Å². The molecular formula is C28H30FNO3. The van der Waals surface area contributed by atoms with Crippen molar-refractivity contribution >= 4 is 22.8 Å². The van der Waals surface area contributed by atoms with Crippen molar-refractivity contribution < 1.29 is 19.4 Å². The lowest BCUT2D eigenvalue weighted by Gasteiger charge is -2.17. The van der Waals surface area contributed by atoms with Crippen LogP contribution in [0.2, 0.25) is 0 Å². The number of Topliss-reactive ketones (excluding diaryl/α,β-unsaturated/α-hetero) is 1. The molecule has 0 bridgehead atoms. The molecule has 172 valence electrons. The first kappa shape index (κ1) is 23.3. The predicted molar refractivity (Wildman–Crippen MR) is 129 cm³/mol. The summed E-state index contributed by atoms with van der Waals surface area (Å²) in [5.41, 5.74) is 4.62. The van der Waals surface area contributed by atoms with Crippen LogP contribution in [0.25, 0.3) is 28.1 Å². The van der Waals surface area contributed by atoms with Gasteiger partial charge in [-0.3, -0.25) is 9.78 Å². The molecule has 33 heavy (non-hydrogen) atoms. The molecule has 1 fully saturated rings. The zero-order valence-electron chi connectivity index (χ0n) is 19.0. The van der Waals surface area contributed by atoms with Gasteiger partial charge in [-0.15, -0.1) is 0 Å². The van der Waals surface area contributed by atoms with Gasteiger partial charge >= 0.3 is 0 Å². The first-order chi connectivity index (χ1) is 15.8. The summed E-state index contributed by atoms with van der Waals surface area (Å²) in [5.74, 6) is -0.0979. The Labute approximate surface area is 193 Å². The second kappa shape index (κ2) is 9.94. The van der Waals surface area contributed by atoms with Gasteiger partial charge in [0.15, 0.2) is 0 Å². The largest absolute Gasteiger partial charge is 0.393 e. The van der Waals surface area contributed by atoms with E-state index in [9.17, 15) is 19.4 Å². The Hall–Kier alpha value is -2.89. The molecule has 1 aromatic heterocycles. The normalized spacial score (nSPS) is 15.9. The maximum absolute atomic E-state index is 13.6. The third-order valence-electron chi connectivity index (χ3n) is 6.14. The number of benzene rings is 2. The van der Waals surface area contributed by atoms with Crippen LogP contribution >= 0.6 is 0 Å². The molecule has 2 atom stereocenters. The summed E-state index contributed by atoms with van der Waals surface area (Å²) in [6.07, 6.45) is 3.98. The van der Waals surface area contributed by atoms with E-state index < -0.39 is 12.2 Å². The maximum atomic E-state index is 13.6. The minimum atomic E-state index is -0.903. The summed E-state index contributed by atoms with van der Waals surface area (Å²) in [6, 6.07) is 14.3. The minimum Gasteiger partial charge on any atom is -0.393 e. The quantitative estimate of drug-likeness (QED) is 0.444. The lowest BCUT2D eigenvalue weighted by molar-refractivity contribution is -0.124. The third-order valence-corrected chi connectivity index (χ3v) is 6.14. The van der Waals surface area contributed by atoms with Crippen LogP contribution < -0.4 is 0 Å². The standard InChI is InChI=1S/C28H30FNO3/c1-17(2)26(33)16-22(32)15-21(31)13-14-24-27(18-9-11-20(29)12-10-18)23-5-3-4-6-25(23)30-28(24)19-7-8-19/h3-6,9-14,17,19,21-22,31-32H,7-8,15-16H2,1-2H3/b14-13+/t21-,22-/m1/s1. The highest BCUT2D eigenvalue weighted by Gasteiger charge is 2.29. The highest BCUT2D eigenvalue weighted by molar-refractivity contribution is 5.99. The monoisotopic (exact) mass is 447 g/mol. The Balaban J connectivity index is 1.71. The zero-order valence-corrected chi connectivity index (χ0v) is 19.0. The van der Waals surface area contributed by atoms with E-state index in [-0.39, 0.29) is 30.4 Å². The summed E-state index contributed by atoms with van der Waals surface area (Å²) in [7, 11) is 0. The molecule has 4 rings (SSSR count). The minimum absolute atomic E-state index is 0.0213. The van der Waals surface area contributed by atoms with Crippen LogP contribution in [0.15, 0.2) is 54.6 Å². The maximum Gasteiger partial charge on any atom is 0.137 e. The number of fused-ring (bicyclic) bond motifs is 1. The van der Waals surface area contributed by atoms with Crippen molar-refractivity contribution in [1.82, 2.24) is 4.98 Å². The number of para-hydroxylation sites is 1. The van der Waals surface area contributed by atoms with Crippen molar-refractivity contribution in [3.63, 3.8) is 0 Å². The van der Waals surface area contributed by atoms with Gasteiger partial charge < -0.3 is 10.2 Å². The van der Waals surface area contributed by atoms with Crippen molar-refractivity contribution in [2.75, 3.05) is 0 Å². The van der Waals surface area contributed by atoms with Crippen LogP contribution in [0.4, 0.5) is 4.39 Å². The second-order valence-corrected chi connectivity index (χ2v) is 9.23. The first-order valence-electron chi connectivity index (χ1n) is 11.6. The number of aliphatic hydroxyl groups is 2. The number of nitrogens with zero attached hydrogens (tertiary/aromatic N) is 1. The number of pyridine rings is 1. The van der Waals surface area contributed by atoms with Crippen LogP contribution in [0.3, 0.4) is 0 Å². The number of carbonyl (C=O) groups excluding carboxylic acids is 1. The molecule has 2 N–H and O–H groups in total. The van der Waals surface area contributed by atoms with E-state index in [2.05, 4.69) is 0 Å². The van der Waals surface area contributed by atoms with E-state index in [0.29, 0.717) is 5.92 Å². The number of ketones is 1. The van der Waals surface area contributed by atoms with Gasteiger partial charge in [0.05, 0.1) is 23.4 Å². The van der Waals surface area contributed by atoms with Gasteiger partial charge in [0.1, 0.15) is 11.6 Å². The fourth-order valence-corrected chi connectivity index (χ4v) is 4.13. The smallest absolute Gasteiger partial charge is 0.137 e. The molecule has 0 aliphatic heterocycles. The van der Waals surface area contributed by atoms with Crippen molar-refractivity contribution in [1.29, 1.82) is 0 Å². The highest BCUT2D eigenvalue weighted by Crippen LogP contribution is 2.45. The predicted octanol–water partition coefficient (Wildman–Crippen LogP) is 5.66. The first-order valence-corrected chi connectivity index (χ1v) is 11.6. The van der Waals surface area contributed by atoms with E-state index in [1.54, 1.807) is 32.1 Å². The highest BCUT2D eigenvalue weighted by atomic mass is 19.1. The number of aromatic nitrogens is 1. The van der Waals surface area contributed by atoms with Gasteiger partial charge in [0.2, 0.25) is 0 Å². The molecule has 0 spiro atoms. The van der Waals surface area contributed by atoms with Gasteiger partial charge in [-0.05, 0) is 36.6 Å². The van der Waals surface area contributed by atoms with Crippen molar-refractivity contribution in [2.24, 2.45) is 5.92 Å². The molecule has 2 aromatic carbocycles. The number of hydrogen-bond acceptors (Lipinski definition) is 4. The lowest BCUT2D eigenvalue weighted by Crippen LogP contribution is -2.21. The zero-order chi connectivity index (χ0) is 23.5. The molecule has 0 saturated heterocycles. The van der Waals surface area contributed by atoms with E-state index >= 15 is 0 Å². The van der Waals surface area contributed by atoms with Crippen molar-refractivity contribution in [3.8, 4) is 11.1 Å². The topological polar surface area (TPSA) is 70.4 Å². The van der Waals surface area contributed by atoms with Crippen LogP contribution in [-0.4, -0.2) is 33.2 Å². The molecule has 5 heteroatoms.